The molecule has 6 heteroatoms. The quantitative estimate of drug-likeness (QED) is 0.567. The molecule has 0 aliphatic rings. The lowest BCUT2D eigenvalue weighted by Crippen LogP contribution is -2.28. The zero-order valence-corrected chi connectivity index (χ0v) is 17.9. The van der Waals surface area contributed by atoms with Gasteiger partial charge in [-0.1, -0.05) is 12.1 Å². The summed E-state index contributed by atoms with van der Waals surface area (Å²) in [4.78, 5) is 6.76. The number of hydrogen-bond donors (Lipinski definition) is 0. The van der Waals surface area contributed by atoms with Crippen molar-refractivity contribution in [3.8, 4) is 34.1 Å². The van der Waals surface area contributed by atoms with Crippen LogP contribution in [0.4, 0.5) is 0 Å². The number of aromatic nitrogens is 1. The van der Waals surface area contributed by atoms with Gasteiger partial charge in [-0.25, -0.2) is 0 Å². The Morgan fingerprint density at radius 1 is 0.931 bits per heavy atom. The highest BCUT2D eigenvalue weighted by Gasteiger charge is 2.20. The van der Waals surface area contributed by atoms with Gasteiger partial charge < -0.3 is 23.8 Å². The number of hydrogen-bond acceptors (Lipinski definition) is 6. The maximum absolute atomic E-state index is 6.46. The van der Waals surface area contributed by atoms with Crippen LogP contribution in [0.25, 0.3) is 22.0 Å². The Balaban J connectivity index is 2.22. The Kier molecular flexibility index (Phi) is 6.44. The van der Waals surface area contributed by atoms with E-state index in [-0.39, 0.29) is 6.10 Å². The smallest absolute Gasteiger partial charge is 0.142 e. The first-order chi connectivity index (χ1) is 14.0. The van der Waals surface area contributed by atoms with E-state index in [1.807, 2.05) is 56.7 Å². The molecule has 0 saturated heterocycles. The number of fused-ring (bicyclic) bond motifs is 1. The van der Waals surface area contributed by atoms with Gasteiger partial charge in [0.1, 0.15) is 29.1 Å². The van der Waals surface area contributed by atoms with Crippen LogP contribution in [0.3, 0.4) is 0 Å². The molecular formula is C23H28N2O4. The lowest BCUT2D eigenvalue weighted by atomic mass is 10.0. The first-order valence-corrected chi connectivity index (χ1v) is 9.47. The van der Waals surface area contributed by atoms with Crippen LogP contribution in [0, 0.1) is 0 Å². The van der Waals surface area contributed by atoms with Crippen LogP contribution in [0.5, 0.6) is 23.0 Å². The molecule has 3 aromatic rings. The molecule has 6 nitrogen and oxygen atoms in total. The van der Waals surface area contributed by atoms with E-state index in [4.69, 9.17) is 18.9 Å². The number of benzene rings is 2. The number of likely N-dealkylation sites (N-methyl/N-ethyl adjacent to an activating group) is 1. The van der Waals surface area contributed by atoms with Gasteiger partial charge in [0, 0.05) is 30.4 Å². The highest BCUT2D eigenvalue weighted by atomic mass is 16.5. The van der Waals surface area contributed by atoms with E-state index in [2.05, 4.69) is 16.8 Å². The van der Waals surface area contributed by atoms with Crippen molar-refractivity contribution in [1.82, 2.24) is 9.88 Å². The number of methoxy groups -OCH3 is 3. The molecule has 0 spiro atoms. The van der Waals surface area contributed by atoms with Gasteiger partial charge in [0.25, 0.3) is 0 Å². The summed E-state index contributed by atoms with van der Waals surface area (Å²) in [5, 5.41) is 0.826. The van der Waals surface area contributed by atoms with Crippen molar-refractivity contribution in [3.05, 3.63) is 42.6 Å². The van der Waals surface area contributed by atoms with Gasteiger partial charge in [0.05, 0.1) is 32.2 Å². The molecule has 1 aromatic heterocycles. The lowest BCUT2D eigenvalue weighted by Gasteiger charge is -2.23. The van der Waals surface area contributed by atoms with E-state index in [9.17, 15) is 0 Å². The Bertz CT molecular complexity index is 971. The van der Waals surface area contributed by atoms with Crippen molar-refractivity contribution < 1.29 is 18.9 Å². The zero-order chi connectivity index (χ0) is 21.0. The van der Waals surface area contributed by atoms with Crippen LogP contribution in [0.2, 0.25) is 0 Å². The average Bonchev–Trinajstić information content (AvgIpc) is 2.72. The van der Waals surface area contributed by atoms with E-state index in [0.29, 0.717) is 11.5 Å². The molecule has 0 aliphatic carbocycles. The lowest BCUT2D eigenvalue weighted by molar-refractivity contribution is 0.179. The summed E-state index contributed by atoms with van der Waals surface area (Å²) in [7, 11) is 8.98. The summed E-state index contributed by atoms with van der Waals surface area (Å²) in [5.74, 6) is 2.89. The van der Waals surface area contributed by atoms with Crippen molar-refractivity contribution in [2.75, 3.05) is 42.0 Å². The van der Waals surface area contributed by atoms with Crippen LogP contribution in [-0.2, 0) is 0 Å². The van der Waals surface area contributed by atoms with E-state index in [1.54, 1.807) is 21.3 Å². The summed E-state index contributed by atoms with van der Waals surface area (Å²) >= 11 is 0. The fraction of sp³-hybridized carbons (Fsp3) is 0.348. The van der Waals surface area contributed by atoms with Gasteiger partial charge in [-0.2, -0.15) is 0 Å². The molecule has 1 unspecified atom stereocenters. The second-order valence-corrected chi connectivity index (χ2v) is 7.14. The molecule has 1 heterocycles. The Morgan fingerprint density at radius 2 is 1.62 bits per heavy atom. The first-order valence-electron chi connectivity index (χ1n) is 9.47. The monoisotopic (exact) mass is 396 g/mol. The summed E-state index contributed by atoms with van der Waals surface area (Å²) in [5.41, 5.74) is 2.64. The number of pyridine rings is 1. The van der Waals surface area contributed by atoms with Crippen molar-refractivity contribution in [2.45, 2.75) is 13.0 Å². The van der Waals surface area contributed by atoms with E-state index < -0.39 is 0 Å². The third-order valence-corrected chi connectivity index (χ3v) is 4.66. The first kappa shape index (κ1) is 20.7. The minimum atomic E-state index is -0.0283. The minimum Gasteiger partial charge on any atom is -0.497 e. The van der Waals surface area contributed by atoms with Crippen molar-refractivity contribution >= 4 is 10.9 Å². The number of rotatable bonds is 8. The van der Waals surface area contributed by atoms with Crippen LogP contribution in [0.15, 0.2) is 42.6 Å². The molecule has 1 atom stereocenters. The molecule has 0 aliphatic heterocycles. The van der Waals surface area contributed by atoms with Gasteiger partial charge in [0.2, 0.25) is 0 Å². The summed E-state index contributed by atoms with van der Waals surface area (Å²) in [6.07, 6.45) is 1.81. The molecule has 0 saturated carbocycles. The third kappa shape index (κ3) is 4.54. The predicted octanol–water partition coefficient (Wildman–Crippen LogP) is 4.26. The normalized spacial score (nSPS) is 12.1. The van der Waals surface area contributed by atoms with Gasteiger partial charge in [-0.05, 0) is 38.7 Å². The molecule has 154 valence electrons. The molecule has 0 bridgehead atoms. The summed E-state index contributed by atoms with van der Waals surface area (Å²) in [6.45, 7) is 2.84. The molecule has 29 heavy (non-hydrogen) atoms. The maximum atomic E-state index is 6.46. The topological polar surface area (TPSA) is 53.1 Å². The average molecular weight is 396 g/mol. The Morgan fingerprint density at radius 3 is 2.21 bits per heavy atom. The van der Waals surface area contributed by atoms with E-state index in [0.717, 1.165) is 40.1 Å². The third-order valence-electron chi connectivity index (χ3n) is 4.66. The van der Waals surface area contributed by atoms with Crippen molar-refractivity contribution in [2.24, 2.45) is 0 Å². The van der Waals surface area contributed by atoms with Crippen LogP contribution in [-0.4, -0.2) is 58.0 Å². The van der Waals surface area contributed by atoms with Crippen LogP contribution in [0.1, 0.15) is 6.92 Å². The maximum Gasteiger partial charge on any atom is 0.142 e. The standard InChI is InChI=1S/C23H28N2O4/c1-15(14-25(2)3)29-23-19(16-7-9-17(26-4)10-8-16)13-24-20-11-18(27-5)12-21(28-6)22(20)23/h7-13,15H,14H2,1-6H3. The van der Waals surface area contributed by atoms with Gasteiger partial charge in [-0.3, -0.25) is 4.98 Å². The van der Waals surface area contributed by atoms with E-state index in [1.165, 1.54) is 0 Å². The largest absolute Gasteiger partial charge is 0.497 e. The predicted molar refractivity (Wildman–Crippen MR) is 115 cm³/mol. The molecule has 2 aromatic carbocycles. The van der Waals surface area contributed by atoms with Crippen molar-refractivity contribution in [1.29, 1.82) is 0 Å². The fourth-order valence-corrected chi connectivity index (χ4v) is 3.36. The summed E-state index contributed by atoms with van der Waals surface area (Å²) < 4.78 is 22.8. The molecule has 0 amide bonds. The zero-order valence-electron chi connectivity index (χ0n) is 17.9. The molecule has 0 fully saturated rings. The molecular weight excluding hydrogens is 368 g/mol. The Labute approximate surface area is 172 Å². The van der Waals surface area contributed by atoms with Gasteiger partial charge in [0.15, 0.2) is 0 Å². The minimum absolute atomic E-state index is 0.0283. The number of ether oxygens (including phenoxy) is 4. The highest BCUT2D eigenvalue weighted by molar-refractivity contribution is 5.97. The highest BCUT2D eigenvalue weighted by Crippen LogP contribution is 2.43. The van der Waals surface area contributed by atoms with Gasteiger partial charge in [-0.15, -0.1) is 0 Å². The second-order valence-electron chi connectivity index (χ2n) is 7.14. The second kappa shape index (κ2) is 9.01. The van der Waals surface area contributed by atoms with Crippen LogP contribution >= 0.6 is 0 Å². The molecule has 0 radical (unpaired) electrons. The van der Waals surface area contributed by atoms with Gasteiger partial charge >= 0.3 is 0 Å². The fourth-order valence-electron chi connectivity index (χ4n) is 3.36. The van der Waals surface area contributed by atoms with E-state index >= 15 is 0 Å². The summed E-state index contributed by atoms with van der Waals surface area (Å²) in [6, 6.07) is 11.6. The number of nitrogens with zero attached hydrogens (tertiary/aromatic N) is 2. The molecule has 3 rings (SSSR count). The SMILES string of the molecule is COc1ccc(-c2cnc3cc(OC)cc(OC)c3c2OC(C)CN(C)C)cc1. The Hall–Kier alpha value is -2.99. The molecule has 0 N–H and O–H groups in total. The van der Waals surface area contributed by atoms with Crippen LogP contribution < -0.4 is 18.9 Å². The van der Waals surface area contributed by atoms with Crippen molar-refractivity contribution in [3.63, 3.8) is 0 Å².